The largest absolute Gasteiger partial charge is 0.461 e. The maximum Gasteiger partial charge on any atom is 0.416 e. The summed E-state index contributed by atoms with van der Waals surface area (Å²) in [6, 6.07) is 3.22. The Hall–Kier alpha value is -1.67. The number of alkyl halides is 3. The molecule has 0 heterocycles. The molecule has 8 heteroatoms. The molecular formula is C13H13F5O3. The van der Waals surface area contributed by atoms with Gasteiger partial charge in [0.15, 0.2) is 12.6 Å². The van der Waals surface area contributed by atoms with E-state index in [4.69, 9.17) is 9.47 Å². The fourth-order valence-electron chi connectivity index (χ4n) is 1.36. The second kappa shape index (κ2) is 7.94. The quantitative estimate of drug-likeness (QED) is 0.331. The fourth-order valence-corrected chi connectivity index (χ4v) is 1.36. The van der Waals surface area contributed by atoms with E-state index in [0.717, 1.165) is 12.1 Å². The summed E-state index contributed by atoms with van der Waals surface area (Å²) < 4.78 is 76.9. The van der Waals surface area contributed by atoms with E-state index in [0.29, 0.717) is 12.1 Å². The SMILES string of the molecule is COCCOCOC(=C(F)F)c1ccc(C(F)(F)F)cc1. The predicted molar refractivity (Wildman–Crippen MR) is 64.4 cm³/mol. The summed E-state index contributed by atoms with van der Waals surface area (Å²) in [5, 5.41) is 0. The minimum atomic E-state index is -4.53. The van der Waals surface area contributed by atoms with Gasteiger partial charge in [-0.3, -0.25) is 0 Å². The Bertz CT molecular complexity index is 464. The average molecular weight is 312 g/mol. The van der Waals surface area contributed by atoms with Crippen LogP contribution in [0.2, 0.25) is 0 Å². The highest BCUT2D eigenvalue weighted by Gasteiger charge is 2.30. The molecule has 0 aromatic heterocycles. The molecule has 1 aromatic carbocycles. The molecule has 0 spiro atoms. The van der Waals surface area contributed by atoms with Gasteiger partial charge in [0.2, 0.25) is 0 Å². The summed E-state index contributed by atoms with van der Waals surface area (Å²) >= 11 is 0. The summed E-state index contributed by atoms with van der Waals surface area (Å²) in [7, 11) is 1.44. The van der Waals surface area contributed by atoms with Crippen molar-refractivity contribution >= 4 is 5.76 Å². The molecule has 0 saturated carbocycles. The molecule has 3 nitrogen and oxygen atoms in total. The van der Waals surface area contributed by atoms with Gasteiger partial charge in [0.25, 0.3) is 0 Å². The van der Waals surface area contributed by atoms with E-state index in [1.807, 2.05) is 0 Å². The lowest BCUT2D eigenvalue weighted by Crippen LogP contribution is -2.07. The van der Waals surface area contributed by atoms with Gasteiger partial charge in [0.05, 0.1) is 18.8 Å². The molecule has 0 bridgehead atoms. The summed E-state index contributed by atoms with van der Waals surface area (Å²) in [6.45, 7) is -0.0530. The normalized spacial score (nSPS) is 11.3. The van der Waals surface area contributed by atoms with Crippen LogP contribution in [0.4, 0.5) is 22.0 Å². The molecule has 0 saturated heterocycles. The van der Waals surface area contributed by atoms with Crippen LogP contribution in [0.3, 0.4) is 0 Å². The molecule has 0 aliphatic carbocycles. The highest BCUT2D eigenvalue weighted by Crippen LogP contribution is 2.31. The lowest BCUT2D eigenvalue weighted by molar-refractivity contribution is -0.137. The van der Waals surface area contributed by atoms with E-state index < -0.39 is 30.4 Å². The van der Waals surface area contributed by atoms with Gasteiger partial charge in [-0.2, -0.15) is 22.0 Å². The van der Waals surface area contributed by atoms with Crippen LogP contribution in [0.15, 0.2) is 30.3 Å². The van der Waals surface area contributed by atoms with Crippen LogP contribution in [0.5, 0.6) is 0 Å². The Morgan fingerprint density at radius 2 is 1.67 bits per heavy atom. The third-order valence-corrected chi connectivity index (χ3v) is 2.36. The number of rotatable bonds is 7. The van der Waals surface area contributed by atoms with E-state index in [2.05, 4.69) is 4.74 Å². The van der Waals surface area contributed by atoms with Crippen molar-refractivity contribution in [2.24, 2.45) is 0 Å². The van der Waals surface area contributed by atoms with Crippen molar-refractivity contribution in [1.29, 1.82) is 0 Å². The summed E-state index contributed by atoms with van der Waals surface area (Å²) in [5.74, 6) is -0.818. The molecule has 0 unspecified atom stereocenters. The zero-order chi connectivity index (χ0) is 15.9. The van der Waals surface area contributed by atoms with Crippen LogP contribution < -0.4 is 0 Å². The van der Waals surface area contributed by atoms with E-state index in [1.165, 1.54) is 7.11 Å². The predicted octanol–water partition coefficient (Wildman–Crippen LogP) is 3.91. The average Bonchev–Trinajstić information content (AvgIpc) is 2.41. The Morgan fingerprint density at radius 3 is 2.14 bits per heavy atom. The second-order valence-electron chi connectivity index (χ2n) is 3.83. The molecule has 0 aliphatic heterocycles. The molecule has 0 aliphatic rings. The number of hydrogen-bond acceptors (Lipinski definition) is 3. The molecule has 0 amide bonds. The number of ether oxygens (including phenoxy) is 3. The first kappa shape index (κ1) is 17.4. The number of hydrogen-bond donors (Lipinski definition) is 0. The highest BCUT2D eigenvalue weighted by atomic mass is 19.4. The zero-order valence-corrected chi connectivity index (χ0v) is 11.0. The Balaban J connectivity index is 2.72. The van der Waals surface area contributed by atoms with Gasteiger partial charge in [-0.1, -0.05) is 12.1 Å². The van der Waals surface area contributed by atoms with Gasteiger partial charge in [-0.05, 0) is 12.1 Å². The molecule has 0 N–H and O–H groups in total. The Morgan fingerprint density at radius 1 is 1.05 bits per heavy atom. The molecular weight excluding hydrogens is 299 g/mol. The van der Waals surface area contributed by atoms with Gasteiger partial charge < -0.3 is 14.2 Å². The van der Waals surface area contributed by atoms with Crippen LogP contribution in [0.1, 0.15) is 11.1 Å². The maximum atomic E-state index is 12.7. The maximum absolute atomic E-state index is 12.7. The van der Waals surface area contributed by atoms with Crippen molar-refractivity contribution in [3.63, 3.8) is 0 Å². The molecule has 118 valence electrons. The second-order valence-corrected chi connectivity index (χ2v) is 3.83. The van der Waals surface area contributed by atoms with Crippen molar-refractivity contribution in [2.75, 3.05) is 27.1 Å². The Kier molecular flexibility index (Phi) is 6.57. The molecule has 21 heavy (non-hydrogen) atoms. The van der Waals surface area contributed by atoms with Gasteiger partial charge in [-0.25, -0.2) is 0 Å². The first-order chi connectivity index (χ1) is 9.86. The third-order valence-electron chi connectivity index (χ3n) is 2.36. The van der Waals surface area contributed by atoms with Gasteiger partial charge >= 0.3 is 12.3 Å². The van der Waals surface area contributed by atoms with Crippen LogP contribution >= 0.6 is 0 Å². The van der Waals surface area contributed by atoms with Gasteiger partial charge in [-0.15, -0.1) is 0 Å². The monoisotopic (exact) mass is 312 g/mol. The molecule has 1 rings (SSSR count). The third kappa shape index (κ3) is 5.68. The standard InChI is InChI=1S/C13H13F5O3/c1-19-6-7-20-8-21-11(12(14)15)9-2-4-10(5-3-9)13(16,17)18/h2-5H,6-8H2,1H3. The zero-order valence-electron chi connectivity index (χ0n) is 11.0. The first-order valence-electron chi connectivity index (χ1n) is 5.78. The topological polar surface area (TPSA) is 27.7 Å². The minimum absolute atomic E-state index is 0.144. The van der Waals surface area contributed by atoms with Gasteiger partial charge in [0, 0.05) is 12.7 Å². The number of methoxy groups -OCH3 is 1. The highest BCUT2D eigenvalue weighted by molar-refractivity contribution is 5.60. The van der Waals surface area contributed by atoms with E-state index in [-0.39, 0.29) is 18.8 Å². The van der Waals surface area contributed by atoms with Crippen molar-refractivity contribution in [2.45, 2.75) is 6.18 Å². The molecule has 1 aromatic rings. The molecule has 0 atom stereocenters. The van der Waals surface area contributed by atoms with Crippen molar-refractivity contribution in [3.8, 4) is 0 Å². The van der Waals surface area contributed by atoms with Gasteiger partial charge in [0.1, 0.15) is 0 Å². The lowest BCUT2D eigenvalue weighted by Gasteiger charge is -2.11. The van der Waals surface area contributed by atoms with E-state index in [9.17, 15) is 22.0 Å². The summed E-state index contributed by atoms with van der Waals surface area (Å²) in [5.41, 5.74) is -1.10. The smallest absolute Gasteiger partial charge is 0.416 e. The minimum Gasteiger partial charge on any atom is -0.461 e. The summed E-state index contributed by atoms with van der Waals surface area (Å²) in [4.78, 5) is 0. The van der Waals surface area contributed by atoms with Crippen molar-refractivity contribution < 1.29 is 36.2 Å². The van der Waals surface area contributed by atoms with Crippen molar-refractivity contribution in [1.82, 2.24) is 0 Å². The van der Waals surface area contributed by atoms with Crippen LogP contribution in [0, 0.1) is 0 Å². The van der Waals surface area contributed by atoms with Crippen LogP contribution in [-0.2, 0) is 20.4 Å². The van der Waals surface area contributed by atoms with E-state index >= 15 is 0 Å². The van der Waals surface area contributed by atoms with Crippen LogP contribution in [-0.4, -0.2) is 27.1 Å². The summed E-state index contributed by atoms with van der Waals surface area (Å²) in [6.07, 6.45) is -6.68. The number of benzene rings is 1. The van der Waals surface area contributed by atoms with Crippen molar-refractivity contribution in [3.05, 3.63) is 41.5 Å². The molecule has 0 radical (unpaired) electrons. The van der Waals surface area contributed by atoms with Crippen LogP contribution in [0.25, 0.3) is 5.76 Å². The number of halogens is 5. The van der Waals surface area contributed by atoms with E-state index in [1.54, 1.807) is 0 Å². The first-order valence-corrected chi connectivity index (χ1v) is 5.78. The fraction of sp³-hybridized carbons (Fsp3) is 0.385. The Labute approximate surface area is 117 Å². The molecule has 0 fully saturated rings. The lowest BCUT2D eigenvalue weighted by atomic mass is 10.1.